The third kappa shape index (κ3) is 3.86. The second-order valence-corrected chi connectivity index (χ2v) is 10.4. The summed E-state index contributed by atoms with van der Waals surface area (Å²) in [6.07, 6.45) is 5.85. The SMILES string of the molecule is C=C1CCC[C@]2(C)C[C@H]3OC(=O)[C@H](CN4CCN(c5cccc(OC)c5)CC4)[C@@H]3C[C@@H]12. The first kappa shape index (κ1) is 20.9. The van der Waals surface area contributed by atoms with E-state index in [0.717, 1.165) is 57.7 Å². The summed E-state index contributed by atoms with van der Waals surface area (Å²) in [4.78, 5) is 17.7. The molecule has 2 heterocycles. The van der Waals surface area contributed by atoms with Gasteiger partial charge in [-0.15, -0.1) is 0 Å². The van der Waals surface area contributed by atoms with E-state index in [2.05, 4.69) is 35.4 Å². The van der Waals surface area contributed by atoms with E-state index in [4.69, 9.17) is 9.47 Å². The van der Waals surface area contributed by atoms with Crippen molar-refractivity contribution in [3.05, 3.63) is 36.4 Å². The van der Waals surface area contributed by atoms with Crippen LogP contribution in [0, 0.1) is 23.2 Å². The third-order valence-electron chi connectivity index (χ3n) is 8.57. The van der Waals surface area contributed by atoms with Crippen LogP contribution in [0.4, 0.5) is 5.69 Å². The lowest BCUT2D eigenvalue weighted by atomic mass is 9.55. The second-order valence-electron chi connectivity index (χ2n) is 10.4. The van der Waals surface area contributed by atoms with E-state index in [9.17, 15) is 4.79 Å². The number of methoxy groups -OCH3 is 1. The topological polar surface area (TPSA) is 42.0 Å². The zero-order valence-corrected chi connectivity index (χ0v) is 19.0. The van der Waals surface area contributed by atoms with Gasteiger partial charge in [-0.1, -0.05) is 25.1 Å². The molecule has 168 valence electrons. The molecule has 0 unspecified atom stereocenters. The Morgan fingerprint density at radius 3 is 2.84 bits per heavy atom. The molecule has 31 heavy (non-hydrogen) atoms. The number of carbonyl (C=O) groups excluding carboxylic acids is 1. The lowest BCUT2D eigenvalue weighted by molar-refractivity contribution is -0.146. The Hall–Kier alpha value is -2.01. The summed E-state index contributed by atoms with van der Waals surface area (Å²) in [5, 5.41) is 0. The van der Waals surface area contributed by atoms with Gasteiger partial charge < -0.3 is 14.4 Å². The molecule has 0 spiro atoms. The summed E-state index contributed by atoms with van der Waals surface area (Å²) in [6.45, 7) is 11.6. The molecule has 4 aliphatic rings. The van der Waals surface area contributed by atoms with Crippen LogP contribution < -0.4 is 9.64 Å². The van der Waals surface area contributed by atoms with Crippen LogP contribution in [0.1, 0.15) is 39.0 Å². The van der Waals surface area contributed by atoms with Gasteiger partial charge in [0.25, 0.3) is 0 Å². The van der Waals surface area contributed by atoms with E-state index in [1.807, 2.05) is 12.1 Å². The molecule has 2 saturated heterocycles. The molecule has 1 aromatic carbocycles. The maximum atomic E-state index is 12.9. The lowest BCUT2D eigenvalue weighted by Gasteiger charge is -2.50. The van der Waals surface area contributed by atoms with E-state index in [1.165, 1.54) is 24.1 Å². The Morgan fingerprint density at radius 1 is 1.26 bits per heavy atom. The Balaban J connectivity index is 1.22. The summed E-state index contributed by atoms with van der Waals surface area (Å²) in [7, 11) is 1.71. The van der Waals surface area contributed by atoms with Crippen LogP contribution in [0.25, 0.3) is 0 Å². The zero-order chi connectivity index (χ0) is 21.6. The molecule has 4 fully saturated rings. The van der Waals surface area contributed by atoms with Gasteiger partial charge in [0.2, 0.25) is 0 Å². The van der Waals surface area contributed by atoms with E-state index < -0.39 is 0 Å². The van der Waals surface area contributed by atoms with Gasteiger partial charge in [0.05, 0.1) is 13.0 Å². The number of allylic oxidation sites excluding steroid dienone is 1. The van der Waals surface area contributed by atoms with Crippen LogP contribution in [-0.2, 0) is 9.53 Å². The quantitative estimate of drug-likeness (QED) is 0.537. The molecule has 0 aromatic heterocycles. The van der Waals surface area contributed by atoms with Gasteiger partial charge >= 0.3 is 5.97 Å². The van der Waals surface area contributed by atoms with E-state index >= 15 is 0 Å². The van der Waals surface area contributed by atoms with Crippen molar-refractivity contribution in [3.63, 3.8) is 0 Å². The van der Waals surface area contributed by atoms with Crippen molar-refractivity contribution in [2.75, 3.05) is 44.7 Å². The summed E-state index contributed by atoms with van der Waals surface area (Å²) < 4.78 is 11.3. The van der Waals surface area contributed by atoms with Crippen molar-refractivity contribution in [1.82, 2.24) is 4.90 Å². The molecule has 0 radical (unpaired) electrons. The molecule has 2 saturated carbocycles. The largest absolute Gasteiger partial charge is 0.497 e. The van der Waals surface area contributed by atoms with Gasteiger partial charge in [-0.2, -0.15) is 0 Å². The fraction of sp³-hybridized carbons (Fsp3) is 0.654. The first-order valence-corrected chi connectivity index (χ1v) is 12.0. The van der Waals surface area contributed by atoms with Crippen LogP contribution >= 0.6 is 0 Å². The molecule has 1 aromatic rings. The van der Waals surface area contributed by atoms with Crippen LogP contribution in [0.5, 0.6) is 5.75 Å². The van der Waals surface area contributed by atoms with E-state index in [-0.39, 0.29) is 23.4 Å². The molecule has 5 nitrogen and oxygen atoms in total. The minimum absolute atomic E-state index is 0.0210. The number of ether oxygens (including phenoxy) is 2. The van der Waals surface area contributed by atoms with E-state index in [1.54, 1.807) is 7.11 Å². The number of fused-ring (bicyclic) bond motifs is 2. The van der Waals surface area contributed by atoms with Crippen LogP contribution in [0.3, 0.4) is 0 Å². The average molecular weight is 425 g/mol. The van der Waals surface area contributed by atoms with Gasteiger partial charge in [0.15, 0.2) is 0 Å². The van der Waals surface area contributed by atoms with Crippen molar-refractivity contribution >= 4 is 11.7 Å². The number of hydrogen-bond acceptors (Lipinski definition) is 5. The first-order chi connectivity index (χ1) is 15.0. The molecule has 5 rings (SSSR count). The predicted octanol–water partition coefficient (Wildman–Crippen LogP) is 4.13. The van der Waals surface area contributed by atoms with Gasteiger partial charge in [0, 0.05) is 50.4 Å². The normalized spacial score (nSPS) is 36.0. The molecular weight excluding hydrogens is 388 g/mol. The number of rotatable bonds is 4. The van der Waals surface area contributed by atoms with Crippen molar-refractivity contribution < 1.29 is 14.3 Å². The van der Waals surface area contributed by atoms with Crippen LogP contribution in [-0.4, -0.2) is 56.8 Å². The molecule has 2 aliphatic heterocycles. The molecule has 0 N–H and O–H groups in total. The number of esters is 1. The Labute approximate surface area is 186 Å². The standard InChI is InChI=1S/C26H36N2O3/c1-18-6-5-9-26(2)16-24-21(15-23(18)26)22(25(29)31-24)17-27-10-12-28(13-11-27)19-7-4-8-20(14-19)30-3/h4,7-8,14,21-24H,1,5-6,9-13,15-17H2,2-3H3/t21-,22+,23-,24+,26+/m0/s1. The van der Waals surface area contributed by atoms with Gasteiger partial charge in [-0.25, -0.2) is 0 Å². The Morgan fingerprint density at radius 2 is 2.06 bits per heavy atom. The van der Waals surface area contributed by atoms with Gasteiger partial charge in [-0.3, -0.25) is 9.69 Å². The molecule has 0 amide bonds. The summed E-state index contributed by atoms with van der Waals surface area (Å²) in [6, 6.07) is 8.28. The summed E-state index contributed by atoms with van der Waals surface area (Å²) in [5.74, 6) is 1.88. The third-order valence-corrected chi connectivity index (χ3v) is 8.57. The van der Waals surface area contributed by atoms with Crippen molar-refractivity contribution in [2.45, 2.75) is 45.1 Å². The predicted molar refractivity (Wildman–Crippen MR) is 122 cm³/mol. The highest BCUT2D eigenvalue weighted by molar-refractivity contribution is 5.75. The number of anilines is 1. The molecular formula is C26H36N2O3. The average Bonchev–Trinajstić information content (AvgIpc) is 3.06. The van der Waals surface area contributed by atoms with Gasteiger partial charge in [0.1, 0.15) is 11.9 Å². The Bertz CT molecular complexity index is 847. The maximum Gasteiger partial charge on any atom is 0.310 e. The minimum atomic E-state index is 0.0210. The number of carbonyl (C=O) groups is 1. The number of nitrogens with zero attached hydrogens (tertiary/aromatic N) is 2. The van der Waals surface area contributed by atoms with E-state index in [0.29, 0.717) is 11.8 Å². The van der Waals surface area contributed by atoms with Crippen LogP contribution in [0.15, 0.2) is 36.4 Å². The molecule has 5 heteroatoms. The molecule has 5 atom stereocenters. The van der Waals surface area contributed by atoms with Crippen molar-refractivity contribution in [2.24, 2.45) is 23.2 Å². The number of benzene rings is 1. The smallest absolute Gasteiger partial charge is 0.310 e. The van der Waals surface area contributed by atoms with Gasteiger partial charge in [-0.05, 0) is 55.6 Å². The highest BCUT2D eigenvalue weighted by Crippen LogP contribution is 2.56. The molecule has 2 aliphatic carbocycles. The zero-order valence-electron chi connectivity index (χ0n) is 19.0. The number of piperazine rings is 1. The van der Waals surface area contributed by atoms with Crippen molar-refractivity contribution in [1.29, 1.82) is 0 Å². The van der Waals surface area contributed by atoms with Crippen molar-refractivity contribution in [3.8, 4) is 5.75 Å². The highest BCUT2D eigenvalue weighted by Gasteiger charge is 2.55. The Kier molecular flexibility index (Phi) is 5.49. The fourth-order valence-electron chi connectivity index (χ4n) is 6.74. The van der Waals surface area contributed by atoms with Crippen LogP contribution in [0.2, 0.25) is 0 Å². The fourth-order valence-corrected chi connectivity index (χ4v) is 6.74. The summed E-state index contributed by atoms with van der Waals surface area (Å²) in [5.41, 5.74) is 2.90. The summed E-state index contributed by atoms with van der Waals surface area (Å²) >= 11 is 0. The lowest BCUT2D eigenvalue weighted by Crippen LogP contribution is -2.50. The minimum Gasteiger partial charge on any atom is -0.497 e. The maximum absolute atomic E-state index is 12.9. The first-order valence-electron chi connectivity index (χ1n) is 12.0. The monoisotopic (exact) mass is 424 g/mol. The second kappa shape index (κ2) is 8.16. The highest BCUT2D eigenvalue weighted by atomic mass is 16.6. The molecule has 0 bridgehead atoms. The number of hydrogen-bond donors (Lipinski definition) is 0.